The van der Waals surface area contributed by atoms with Crippen LogP contribution in [-0.4, -0.2) is 0 Å². The quantitative estimate of drug-likeness (QED) is 0.591. The van der Waals surface area contributed by atoms with E-state index in [1.165, 1.54) is 6.92 Å². The van der Waals surface area contributed by atoms with Crippen LogP contribution in [-0.2, 0) is 0 Å². The van der Waals surface area contributed by atoms with Crippen LogP contribution in [0, 0.1) is 24.4 Å². The normalized spacial score (nSPS) is 11.0. The van der Waals surface area contributed by atoms with Gasteiger partial charge >= 0.3 is 0 Å². The van der Waals surface area contributed by atoms with E-state index in [0.717, 1.165) is 6.07 Å². The summed E-state index contributed by atoms with van der Waals surface area (Å²) < 4.78 is 39.1. The SMILES string of the molecule is Cc1c(F)cc(C(C)C)c(F)c1F. The minimum atomic E-state index is -1.08. The van der Waals surface area contributed by atoms with Gasteiger partial charge in [-0.15, -0.1) is 0 Å². The van der Waals surface area contributed by atoms with Gasteiger partial charge in [-0.05, 0) is 24.5 Å². The van der Waals surface area contributed by atoms with Gasteiger partial charge in [-0.25, -0.2) is 13.2 Å². The number of benzene rings is 1. The topological polar surface area (TPSA) is 0 Å². The highest BCUT2D eigenvalue weighted by molar-refractivity contribution is 5.28. The zero-order chi connectivity index (χ0) is 10.2. The smallest absolute Gasteiger partial charge is 0.164 e. The molecule has 0 atom stereocenters. The standard InChI is InChI=1S/C10H11F3/c1-5(2)7-4-8(11)6(3)9(12)10(7)13/h4-5H,1-3H3. The third-order valence-corrected chi connectivity index (χ3v) is 2.04. The number of hydrogen-bond acceptors (Lipinski definition) is 0. The lowest BCUT2D eigenvalue weighted by molar-refractivity contribution is 0.472. The lowest BCUT2D eigenvalue weighted by Crippen LogP contribution is -2.01. The van der Waals surface area contributed by atoms with E-state index in [4.69, 9.17) is 0 Å². The van der Waals surface area contributed by atoms with Crippen molar-refractivity contribution in [3.8, 4) is 0 Å². The van der Waals surface area contributed by atoms with Crippen LogP contribution in [0.15, 0.2) is 6.07 Å². The molecule has 0 saturated carbocycles. The second-order valence-corrected chi connectivity index (χ2v) is 3.36. The molecule has 0 amide bonds. The zero-order valence-electron chi connectivity index (χ0n) is 7.79. The van der Waals surface area contributed by atoms with E-state index >= 15 is 0 Å². The Kier molecular flexibility index (Phi) is 2.64. The van der Waals surface area contributed by atoms with E-state index in [2.05, 4.69) is 0 Å². The van der Waals surface area contributed by atoms with Gasteiger partial charge in [0, 0.05) is 5.56 Å². The van der Waals surface area contributed by atoms with Crippen LogP contribution in [0.4, 0.5) is 13.2 Å². The largest absolute Gasteiger partial charge is 0.207 e. The molecule has 0 aliphatic heterocycles. The third-order valence-electron chi connectivity index (χ3n) is 2.04. The van der Waals surface area contributed by atoms with Gasteiger partial charge in [0.2, 0.25) is 0 Å². The molecule has 0 saturated heterocycles. The lowest BCUT2D eigenvalue weighted by atomic mass is 10.0. The van der Waals surface area contributed by atoms with Crippen molar-refractivity contribution < 1.29 is 13.2 Å². The van der Waals surface area contributed by atoms with E-state index in [1.807, 2.05) is 0 Å². The summed E-state index contributed by atoms with van der Waals surface area (Å²) in [5.74, 6) is -2.93. The van der Waals surface area contributed by atoms with Crippen molar-refractivity contribution in [3.63, 3.8) is 0 Å². The first-order chi connectivity index (χ1) is 5.95. The van der Waals surface area contributed by atoms with Crippen LogP contribution in [0.5, 0.6) is 0 Å². The highest BCUT2D eigenvalue weighted by Gasteiger charge is 2.17. The Morgan fingerprint density at radius 1 is 1.08 bits per heavy atom. The van der Waals surface area contributed by atoms with Crippen molar-refractivity contribution in [2.75, 3.05) is 0 Å². The Morgan fingerprint density at radius 3 is 2.08 bits per heavy atom. The fourth-order valence-electron chi connectivity index (χ4n) is 1.12. The molecule has 0 nitrogen and oxygen atoms in total. The molecule has 0 heterocycles. The molecule has 72 valence electrons. The summed E-state index contributed by atoms with van der Waals surface area (Å²) in [5.41, 5.74) is -0.178. The molecule has 0 radical (unpaired) electrons. The maximum absolute atomic E-state index is 13.2. The number of rotatable bonds is 1. The molecular weight excluding hydrogens is 177 g/mol. The molecule has 0 aromatic heterocycles. The maximum atomic E-state index is 13.2. The van der Waals surface area contributed by atoms with Gasteiger partial charge in [-0.1, -0.05) is 13.8 Å². The summed E-state index contributed by atoms with van der Waals surface area (Å²) in [5, 5.41) is 0. The van der Waals surface area contributed by atoms with Crippen molar-refractivity contribution in [2.45, 2.75) is 26.7 Å². The molecule has 0 unspecified atom stereocenters. The van der Waals surface area contributed by atoms with Crippen LogP contribution >= 0.6 is 0 Å². The number of halogens is 3. The molecule has 0 N–H and O–H groups in total. The van der Waals surface area contributed by atoms with Crippen molar-refractivity contribution in [3.05, 3.63) is 34.6 Å². The van der Waals surface area contributed by atoms with Crippen molar-refractivity contribution >= 4 is 0 Å². The summed E-state index contributed by atoms with van der Waals surface area (Å²) in [7, 11) is 0. The van der Waals surface area contributed by atoms with Crippen molar-refractivity contribution in [1.29, 1.82) is 0 Å². The minimum Gasteiger partial charge on any atom is -0.207 e. The van der Waals surface area contributed by atoms with Crippen LogP contribution < -0.4 is 0 Å². The minimum absolute atomic E-state index is 0.0839. The fraction of sp³-hybridized carbons (Fsp3) is 0.400. The molecule has 0 aliphatic rings. The van der Waals surface area contributed by atoms with Gasteiger partial charge in [0.05, 0.1) is 0 Å². The first-order valence-corrected chi connectivity index (χ1v) is 4.09. The van der Waals surface area contributed by atoms with Gasteiger partial charge in [0.25, 0.3) is 0 Å². The molecule has 0 bridgehead atoms. The Hall–Kier alpha value is -0.990. The lowest BCUT2D eigenvalue weighted by Gasteiger charge is -2.09. The highest BCUT2D eigenvalue weighted by Crippen LogP contribution is 2.24. The van der Waals surface area contributed by atoms with Gasteiger partial charge in [-0.3, -0.25) is 0 Å². The zero-order valence-corrected chi connectivity index (χ0v) is 7.79. The first-order valence-electron chi connectivity index (χ1n) is 4.09. The number of hydrogen-bond donors (Lipinski definition) is 0. The molecule has 13 heavy (non-hydrogen) atoms. The fourth-order valence-corrected chi connectivity index (χ4v) is 1.12. The molecule has 1 aromatic rings. The maximum Gasteiger partial charge on any atom is 0.164 e. The van der Waals surface area contributed by atoms with Crippen LogP contribution in [0.3, 0.4) is 0 Å². The predicted molar refractivity (Wildman–Crippen MR) is 45.1 cm³/mol. The average Bonchev–Trinajstić information content (AvgIpc) is 2.07. The molecular formula is C10H11F3. The molecule has 0 spiro atoms. The van der Waals surface area contributed by atoms with E-state index < -0.39 is 17.5 Å². The Bertz CT molecular complexity index is 329. The molecule has 1 aromatic carbocycles. The predicted octanol–water partition coefficient (Wildman–Crippen LogP) is 3.54. The van der Waals surface area contributed by atoms with E-state index in [-0.39, 0.29) is 17.0 Å². The van der Waals surface area contributed by atoms with Crippen molar-refractivity contribution in [1.82, 2.24) is 0 Å². The average molecular weight is 188 g/mol. The highest BCUT2D eigenvalue weighted by atomic mass is 19.2. The third kappa shape index (κ3) is 1.69. The summed E-state index contributed by atoms with van der Waals surface area (Å²) in [6.07, 6.45) is 0. The second-order valence-electron chi connectivity index (χ2n) is 3.36. The van der Waals surface area contributed by atoms with Crippen LogP contribution in [0.2, 0.25) is 0 Å². The Morgan fingerprint density at radius 2 is 1.62 bits per heavy atom. The Labute approximate surface area is 75.4 Å². The molecule has 0 fully saturated rings. The van der Waals surface area contributed by atoms with Crippen molar-refractivity contribution in [2.24, 2.45) is 0 Å². The first kappa shape index (κ1) is 10.1. The van der Waals surface area contributed by atoms with Crippen LogP contribution in [0.25, 0.3) is 0 Å². The second kappa shape index (κ2) is 3.40. The van der Waals surface area contributed by atoms with Gasteiger partial charge in [0.15, 0.2) is 11.6 Å². The molecule has 3 heteroatoms. The van der Waals surface area contributed by atoms with E-state index in [0.29, 0.717) is 0 Å². The van der Waals surface area contributed by atoms with E-state index in [9.17, 15) is 13.2 Å². The molecule has 1 rings (SSSR count). The molecule has 0 aliphatic carbocycles. The van der Waals surface area contributed by atoms with Gasteiger partial charge in [0.1, 0.15) is 5.82 Å². The van der Waals surface area contributed by atoms with Crippen LogP contribution in [0.1, 0.15) is 30.9 Å². The Balaban J connectivity index is 3.41. The summed E-state index contributed by atoms with van der Waals surface area (Å²) >= 11 is 0. The monoisotopic (exact) mass is 188 g/mol. The van der Waals surface area contributed by atoms with Gasteiger partial charge in [-0.2, -0.15) is 0 Å². The van der Waals surface area contributed by atoms with Gasteiger partial charge < -0.3 is 0 Å². The summed E-state index contributed by atoms with van der Waals surface area (Å²) in [6, 6.07) is 1.05. The van der Waals surface area contributed by atoms with E-state index in [1.54, 1.807) is 13.8 Å². The summed E-state index contributed by atoms with van der Waals surface area (Å²) in [6.45, 7) is 4.59. The summed E-state index contributed by atoms with van der Waals surface area (Å²) in [4.78, 5) is 0.